The molecule has 4 aromatic rings. The molecule has 6 nitrogen and oxygen atoms in total. The van der Waals surface area contributed by atoms with Crippen molar-refractivity contribution in [3.8, 4) is 5.69 Å². The molecule has 0 aliphatic carbocycles. The molecule has 4 rings (SSSR count). The first kappa shape index (κ1) is 16.8. The first-order valence-corrected chi connectivity index (χ1v) is 9.09. The van der Waals surface area contributed by atoms with Gasteiger partial charge in [-0.05, 0) is 90.0 Å². The first-order valence-electron chi connectivity index (χ1n) is 8.01. The van der Waals surface area contributed by atoms with Crippen LogP contribution in [-0.2, 0) is 0 Å². The van der Waals surface area contributed by atoms with Gasteiger partial charge >= 0.3 is 0 Å². The Morgan fingerprint density at radius 2 is 1.81 bits per heavy atom. The molecule has 0 unspecified atom stereocenters. The molecule has 0 radical (unpaired) electrons. The Hall–Kier alpha value is -2.68. The molecule has 2 heterocycles. The van der Waals surface area contributed by atoms with E-state index in [1.54, 1.807) is 29.1 Å². The second-order valence-electron chi connectivity index (χ2n) is 6.02. The summed E-state index contributed by atoms with van der Waals surface area (Å²) in [6, 6.07) is 14.9. The van der Waals surface area contributed by atoms with Crippen LogP contribution in [0.3, 0.4) is 0 Å². The lowest BCUT2D eigenvalue weighted by Gasteiger charge is -2.03. The monoisotopic (exact) mass is 458 g/mol. The maximum atomic E-state index is 12.2. The Bertz CT molecular complexity index is 1130. The van der Waals surface area contributed by atoms with Gasteiger partial charge in [-0.3, -0.25) is 4.79 Å². The number of anilines is 1. The van der Waals surface area contributed by atoms with Crippen LogP contribution in [0.1, 0.15) is 21.7 Å². The van der Waals surface area contributed by atoms with Crippen LogP contribution in [0.2, 0.25) is 0 Å². The van der Waals surface area contributed by atoms with E-state index in [-0.39, 0.29) is 11.7 Å². The Morgan fingerprint density at radius 1 is 1.00 bits per heavy atom. The van der Waals surface area contributed by atoms with E-state index in [9.17, 15) is 4.79 Å². The lowest BCUT2D eigenvalue weighted by Crippen LogP contribution is -2.10. The summed E-state index contributed by atoms with van der Waals surface area (Å²) in [5.74, 6) is -0.0258. The van der Waals surface area contributed by atoms with Crippen molar-refractivity contribution in [1.82, 2.24) is 15.0 Å². The van der Waals surface area contributed by atoms with E-state index in [0.717, 1.165) is 11.2 Å². The maximum absolute atomic E-state index is 12.2. The van der Waals surface area contributed by atoms with Crippen molar-refractivity contribution in [3.05, 3.63) is 69.2 Å². The number of carbonyl (C=O) groups is 1. The summed E-state index contributed by atoms with van der Waals surface area (Å²) in [7, 11) is 0. The van der Waals surface area contributed by atoms with Crippen molar-refractivity contribution in [2.45, 2.75) is 13.8 Å². The highest BCUT2D eigenvalue weighted by Gasteiger charge is 2.12. The highest BCUT2D eigenvalue weighted by atomic mass is 127. The van der Waals surface area contributed by atoms with Gasteiger partial charge in [-0.1, -0.05) is 6.07 Å². The number of nitrogens with zero attached hydrogens (tertiary/aromatic N) is 3. The maximum Gasteiger partial charge on any atom is 0.291 e. The van der Waals surface area contributed by atoms with E-state index >= 15 is 0 Å². The fraction of sp³-hybridized carbons (Fsp3) is 0.105. The zero-order chi connectivity index (χ0) is 18.3. The summed E-state index contributed by atoms with van der Waals surface area (Å²) in [5.41, 5.74) is 5.41. The molecule has 7 heteroatoms. The van der Waals surface area contributed by atoms with Crippen LogP contribution in [0, 0.1) is 17.6 Å². The van der Waals surface area contributed by atoms with Gasteiger partial charge in [0.15, 0.2) is 9.53 Å². The molecule has 2 aromatic heterocycles. The van der Waals surface area contributed by atoms with Crippen molar-refractivity contribution in [2.24, 2.45) is 0 Å². The van der Waals surface area contributed by atoms with E-state index in [4.69, 9.17) is 4.42 Å². The fourth-order valence-electron chi connectivity index (χ4n) is 2.59. The van der Waals surface area contributed by atoms with Crippen LogP contribution in [0.4, 0.5) is 5.69 Å². The molecule has 0 bridgehead atoms. The summed E-state index contributed by atoms with van der Waals surface area (Å²) < 4.78 is 6.00. The van der Waals surface area contributed by atoms with E-state index in [0.29, 0.717) is 15.0 Å². The molecular formula is C19H15IN4O2. The van der Waals surface area contributed by atoms with Gasteiger partial charge in [-0.2, -0.15) is 4.80 Å². The molecule has 0 saturated heterocycles. The number of halogens is 1. The second-order valence-corrected chi connectivity index (χ2v) is 7.08. The number of nitrogens with one attached hydrogen (secondary N) is 1. The van der Waals surface area contributed by atoms with Gasteiger partial charge in [0.1, 0.15) is 11.0 Å². The van der Waals surface area contributed by atoms with Gasteiger partial charge in [0.05, 0.1) is 5.69 Å². The summed E-state index contributed by atoms with van der Waals surface area (Å²) in [6.45, 7) is 4.13. The predicted octanol–water partition coefficient (Wildman–Crippen LogP) is 4.49. The first-order chi connectivity index (χ1) is 12.5. The fourth-order valence-corrected chi connectivity index (χ4v) is 3.00. The number of carbonyl (C=O) groups excluding carboxylic acids is 1. The molecule has 0 spiro atoms. The molecule has 1 N–H and O–H groups in total. The standard InChI is InChI=1S/C19H15IN4O2/c1-11-3-5-14(9-12(11)2)24-22-15-6-4-13(10-16(15)23-24)21-19(25)17-7-8-18(20)26-17/h3-10H,1-2H3,(H,21,25). The van der Waals surface area contributed by atoms with E-state index in [2.05, 4.69) is 41.5 Å². The summed E-state index contributed by atoms with van der Waals surface area (Å²) in [5, 5.41) is 11.9. The number of furan rings is 1. The van der Waals surface area contributed by atoms with E-state index in [1.165, 1.54) is 11.1 Å². The smallest absolute Gasteiger partial charge is 0.291 e. The summed E-state index contributed by atoms with van der Waals surface area (Å²) >= 11 is 2.02. The van der Waals surface area contributed by atoms with Crippen molar-refractivity contribution >= 4 is 45.2 Å². The van der Waals surface area contributed by atoms with E-state index in [1.807, 2.05) is 34.7 Å². The van der Waals surface area contributed by atoms with E-state index < -0.39 is 0 Å². The molecule has 2 aromatic carbocycles. The zero-order valence-corrected chi connectivity index (χ0v) is 16.3. The summed E-state index contributed by atoms with van der Waals surface area (Å²) in [6.07, 6.45) is 0. The Morgan fingerprint density at radius 3 is 2.54 bits per heavy atom. The van der Waals surface area contributed by atoms with Crippen LogP contribution in [0.15, 0.2) is 52.9 Å². The Kier molecular flexibility index (Phi) is 4.23. The molecule has 130 valence electrons. The van der Waals surface area contributed by atoms with Gasteiger partial charge in [-0.25, -0.2) is 0 Å². The van der Waals surface area contributed by atoms with Crippen LogP contribution >= 0.6 is 22.6 Å². The van der Waals surface area contributed by atoms with Gasteiger partial charge in [0.25, 0.3) is 5.91 Å². The minimum atomic E-state index is -0.297. The Labute approximate surface area is 163 Å². The van der Waals surface area contributed by atoms with Gasteiger partial charge in [0.2, 0.25) is 0 Å². The third-order valence-corrected chi connectivity index (χ3v) is 4.74. The van der Waals surface area contributed by atoms with Crippen LogP contribution in [0.5, 0.6) is 0 Å². The van der Waals surface area contributed by atoms with Crippen LogP contribution in [0.25, 0.3) is 16.7 Å². The van der Waals surface area contributed by atoms with Crippen molar-refractivity contribution in [1.29, 1.82) is 0 Å². The third kappa shape index (κ3) is 3.22. The van der Waals surface area contributed by atoms with Gasteiger partial charge in [-0.15, -0.1) is 10.2 Å². The van der Waals surface area contributed by atoms with Crippen LogP contribution < -0.4 is 5.32 Å². The number of fused-ring (bicyclic) bond motifs is 1. The van der Waals surface area contributed by atoms with Crippen molar-refractivity contribution in [2.75, 3.05) is 5.32 Å². The lowest BCUT2D eigenvalue weighted by atomic mass is 10.1. The highest BCUT2D eigenvalue weighted by molar-refractivity contribution is 14.1. The number of hydrogen-bond acceptors (Lipinski definition) is 4. The number of rotatable bonds is 3. The third-order valence-electron chi connectivity index (χ3n) is 4.16. The van der Waals surface area contributed by atoms with Crippen LogP contribution in [-0.4, -0.2) is 20.9 Å². The Balaban J connectivity index is 1.63. The largest absolute Gasteiger partial charge is 0.445 e. The lowest BCUT2D eigenvalue weighted by molar-refractivity contribution is 0.0995. The number of aromatic nitrogens is 3. The zero-order valence-electron chi connectivity index (χ0n) is 14.2. The number of benzene rings is 2. The SMILES string of the molecule is Cc1ccc(-n2nc3ccc(NC(=O)c4ccc(I)o4)cc3n2)cc1C. The molecule has 26 heavy (non-hydrogen) atoms. The van der Waals surface area contributed by atoms with Crippen molar-refractivity contribution < 1.29 is 9.21 Å². The molecule has 0 atom stereocenters. The number of hydrogen-bond donors (Lipinski definition) is 1. The average molecular weight is 458 g/mol. The van der Waals surface area contributed by atoms with Gasteiger partial charge in [0, 0.05) is 5.69 Å². The minimum Gasteiger partial charge on any atom is -0.445 e. The molecule has 0 aliphatic rings. The number of amides is 1. The number of aryl methyl sites for hydroxylation is 2. The molecule has 1 amide bonds. The normalized spacial score (nSPS) is 11.0. The predicted molar refractivity (Wildman–Crippen MR) is 108 cm³/mol. The molecule has 0 saturated carbocycles. The topological polar surface area (TPSA) is 73.0 Å². The van der Waals surface area contributed by atoms with Gasteiger partial charge < -0.3 is 9.73 Å². The molecule has 0 aliphatic heterocycles. The second kappa shape index (κ2) is 6.56. The molecule has 0 fully saturated rings. The molecular weight excluding hydrogens is 443 g/mol. The highest BCUT2D eigenvalue weighted by Crippen LogP contribution is 2.20. The quantitative estimate of drug-likeness (QED) is 0.460. The summed E-state index contributed by atoms with van der Waals surface area (Å²) in [4.78, 5) is 13.8. The minimum absolute atomic E-state index is 0.272. The van der Waals surface area contributed by atoms with Crippen molar-refractivity contribution in [3.63, 3.8) is 0 Å². The average Bonchev–Trinajstić information content (AvgIpc) is 3.23.